The third-order valence-electron chi connectivity index (χ3n) is 5.36. The lowest BCUT2D eigenvalue weighted by Gasteiger charge is -2.13. The molecule has 4 aromatic rings. The summed E-state index contributed by atoms with van der Waals surface area (Å²) in [5, 5.41) is 7.84. The summed E-state index contributed by atoms with van der Waals surface area (Å²) in [6.07, 6.45) is 0.659. The number of benzene rings is 1. The molecule has 224 valence electrons. The molecule has 4 rings (SSSR count). The molecule has 2 N–H and O–H groups in total. The summed E-state index contributed by atoms with van der Waals surface area (Å²) < 4.78 is 71.9. The Morgan fingerprint density at radius 1 is 1.05 bits per heavy atom. The highest BCUT2D eigenvalue weighted by atomic mass is 35.5. The number of nitrogens with zero attached hydrogens (tertiary/aromatic N) is 5. The molecule has 2 amide bonds. The molecule has 18 heteroatoms. The van der Waals surface area contributed by atoms with Crippen LogP contribution in [0.15, 0.2) is 65.8 Å². The zero-order valence-corrected chi connectivity index (χ0v) is 23.5. The van der Waals surface area contributed by atoms with Crippen LogP contribution < -0.4 is 20.3 Å². The summed E-state index contributed by atoms with van der Waals surface area (Å²) in [5.74, 6) is -1.88. The summed E-state index contributed by atoms with van der Waals surface area (Å²) in [5.41, 5.74) is 4.75. The summed E-state index contributed by atoms with van der Waals surface area (Å²) in [6.45, 7) is 0. The Labute approximate surface area is 246 Å². The molecule has 43 heavy (non-hydrogen) atoms. The quantitative estimate of drug-likeness (QED) is 0.216. The van der Waals surface area contributed by atoms with Crippen molar-refractivity contribution >= 4 is 39.3 Å². The van der Waals surface area contributed by atoms with Crippen LogP contribution in [0.1, 0.15) is 16.2 Å². The predicted molar refractivity (Wildman–Crippen MR) is 145 cm³/mol. The highest BCUT2D eigenvalue weighted by Crippen LogP contribution is 2.32. The number of methoxy groups -OCH3 is 1. The van der Waals surface area contributed by atoms with E-state index in [1.807, 2.05) is 0 Å². The molecule has 0 radical (unpaired) electrons. The maximum atomic E-state index is 12.7. The molecule has 0 aliphatic carbocycles. The number of nitrogens with one attached hydrogen (secondary N) is 2. The van der Waals surface area contributed by atoms with Crippen molar-refractivity contribution in [1.82, 2.24) is 35.6 Å². The monoisotopic (exact) mass is 637 g/mol. The summed E-state index contributed by atoms with van der Waals surface area (Å²) in [6, 6.07) is 8.49. The number of rotatable bonds is 8. The fraction of sp³-hybridized carbons (Fsp3) is 0.120. The SMILES string of the molecule is COc1cc(C(=O)NNC(=O)C=Cc2nnc(-c3ccc(S(C)(=O)=O)cn3)n2-c2ccc(OC(F)(F)F)cc2Cl)ccn1. The van der Waals surface area contributed by atoms with Gasteiger partial charge in [0.25, 0.3) is 11.8 Å². The number of carbonyl (C=O) groups is 2. The summed E-state index contributed by atoms with van der Waals surface area (Å²) in [4.78, 5) is 32.7. The number of carbonyl (C=O) groups excluding carboxylic acids is 2. The van der Waals surface area contributed by atoms with Gasteiger partial charge in [-0.1, -0.05) is 11.6 Å². The van der Waals surface area contributed by atoms with E-state index in [0.717, 1.165) is 30.7 Å². The number of hydrogen-bond acceptors (Lipinski definition) is 10. The van der Waals surface area contributed by atoms with Gasteiger partial charge in [0.2, 0.25) is 5.88 Å². The van der Waals surface area contributed by atoms with Gasteiger partial charge in [-0.05, 0) is 36.4 Å². The molecule has 0 saturated heterocycles. The van der Waals surface area contributed by atoms with Crippen LogP contribution in [0.4, 0.5) is 13.2 Å². The van der Waals surface area contributed by atoms with Crippen molar-refractivity contribution in [3.8, 4) is 28.8 Å². The van der Waals surface area contributed by atoms with Crippen molar-refractivity contribution in [2.24, 2.45) is 0 Å². The molecule has 3 heterocycles. The second-order valence-corrected chi connectivity index (χ2v) is 10.8. The molecule has 13 nitrogen and oxygen atoms in total. The Morgan fingerprint density at radius 2 is 1.81 bits per heavy atom. The Hall–Kier alpha value is -5.03. The number of pyridine rings is 2. The second-order valence-electron chi connectivity index (χ2n) is 8.39. The zero-order valence-electron chi connectivity index (χ0n) is 22.0. The van der Waals surface area contributed by atoms with Crippen LogP contribution in [0.25, 0.3) is 23.3 Å². The molecule has 0 unspecified atom stereocenters. The number of halogens is 4. The first-order valence-corrected chi connectivity index (χ1v) is 14.0. The Morgan fingerprint density at radius 3 is 2.44 bits per heavy atom. The molecular weight excluding hydrogens is 619 g/mol. The van der Waals surface area contributed by atoms with Gasteiger partial charge in [-0.3, -0.25) is 30.0 Å². The minimum atomic E-state index is -4.96. The topological polar surface area (TPSA) is 167 Å². The maximum absolute atomic E-state index is 12.7. The van der Waals surface area contributed by atoms with Crippen molar-refractivity contribution < 1.29 is 40.7 Å². The molecular formula is C25H19ClF3N7O6S. The third-order valence-corrected chi connectivity index (χ3v) is 6.77. The fourth-order valence-electron chi connectivity index (χ4n) is 3.45. The summed E-state index contributed by atoms with van der Waals surface area (Å²) >= 11 is 6.31. The average Bonchev–Trinajstić information content (AvgIpc) is 3.37. The van der Waals surface area contributed by atoms with Crippen LogP contribution in [0.2, 0.25) is 5.02 Å². The van der Waals surface area contributed by atoms with Crippen molar-refractivity contribution in [1.29, 1.82) is 0 Å². The van der Waals surface area contributed by atoms with Crippen molar-refractivity contribution in [2.45, 2.75) is 11.3 Å². The number of hydrogen-bond donors (Lipinski definition) is 2. The molecule has 0 saturated carbocycles. The van der Waals surface area contributed by atoms with Crippen LogP contribution in [0.3, 0.4) is 0 Å². The van der Waals surface area contributed by atoms with Crippen molar-refractivity contribution in [2.75, 3.05) is 13.4 Å². The highest BCUT2D eigenvalue weighted by molar-refractivity contribution is 7.90. The van der Waals surface area contributed by atoms with Gasteiger partial charge in [0, 0.05) is 42.4 Å². The van der Waals surface area contributed by atoms with E-state index >= 15 is 0 Å². The van der Waals surface area contributed by atoms with Crippen LogP contribution in [-0.2, 0) is 14.6 Å². The molecule has 0 bridgehead atoms. The number of alkyl halides is 3. The largest absolute Gasteiger partial charge is 0.573 e. The molecule has 0 aliphatic rings. The van der Waals surface area contributed by atoms with Gasteiger partial charge in [0.15, 0.2) is 21.5 Å². The number of hydrazine groups is 1. The van der Waals surface area contributed by atoms with E-state index in [4.69, 9.17) is 16.3 Å². The van der Waals surface area contributed by atoms with E-state index < -0.39 is 33.8 Å². The van der Waals surface area contributed by atoms with Gasteiger partial charge in [-0.2, -0.15) is 0 Å². The first-order valence-electron chi connectivity index (χ1n) is 11.7. The maximum Gasteiger partial charge on any atom is 0.573 e. The highest BCUT2D eigenvalue weighted by Gasteiger charge is 2.31. The van der Waals surface area contributed by atoms with Gasteiger partial charge in [-0.15, -0.1) is 23.4 Å². The van der Waals surface area contributed by atoms with Gasteiger partial charge < -0.3 is 9.47 Å². The van der Waals surface area contributed by atoms with Gasteiger partial charge in [-0.25, -0.2) is 13.4 Å². The molecule has 3 aromatic heterocycles. The second kappa shape index (κ2) is 12.5. The number of amides is 2. The first kappa shape index (κ1) is 30.9. The Balaban J connectivity index is 1.65. The van der Waals surface area contributed by atoms with Gasteiger partial charge in [0.1, 0.15) is 11.4 Å². The fourth-order valence-corrected chi connectivity index (χ4v) is 4.26. The lowest BCUT2D eigenvalue weighted by Crippen LogP contribution is -2.40. The molecule has 0 atom stereocenters. The van der Waals surface area contributed by atoms with E-state index in [0.29, 0.717) is 0 Å². The van der Waals surface area contributed by atoms with Crippen molar-refractivity contribution in [3.63, 3.8) is 0 Å². The van der Waals surface area contributed by atoms with Crippen molar-refractivity contribution in [3.05, 3.63) is 77.3 Å². The van der Waals surface area contributed by atoms with E-state index in [2.05, 4.69) is 35.8 Å². The smallest absolute Gasteiger partial charge is 0.481 e. The number of ether oxygens (including phenoxy) is 2. The van der Waals surface area contributed by atoms with Crippen LogP contribution in [0.5, 0.6) is 11.6 Å². The minimum Gasteiger partial charge on any atom is -0.481 e. The standard InChI is InChI=1S/C25H19ClF3N7O6S/c1-41-22-11-14(9-10-30-22)24(38)35-33-21(37)8-7-20-32-34-23(18-5-4-16(13-31-18)43(2,39)40)36(20)19-6-3-15(12-17(19)26)42-25(27,28)29/h3-13H,1-2H3,(H,33,37)(H,35,38). The Kier molecular flexibility index (Phi) is 8.96. The molecule has 0 spiro atoms. The molecule has 1 aromatic carbocycles. The van der Waals surface area contributed by atoms with Gasteiger partial charge >= 0.3 is 6.36 Å². The summed E-state index contributed by atoms with van der Waals surface area (Å²) in [7, 11) is -2.19. The van der Waals surface area contributed by atoms with Crippen LogP contribution in [0, 0.1) is 0 Å². The Bertz CT molecular complexity index is 1810. The third kappa shape index (κ3) is 7.83. The average molecular weight is 638 g/mol. The van der Waals surface area contributed by atoms with Gasteiger partial charge in [0.05, 0.1) is 22.7 Å². The normalized spacial score (nSPS) is 11.8. The number of aromatic nitrogens is 5. The lowest BCUT2D eigenvalue weighted by atomic mass is 10.2. The van der Waals surface area contributed by atoms with Crippen LogP contribution >= 0.6 is 11.6 Å². The molecule has 0 aliphatic heterocycles. The predicted octanol–water partition coefficient (Wildman–Crippen LogP) is 3.16. The first-order chi connectivity index (χ1) is 20.2. The van der Waals surface area contributed by atoms with E-state index in [9.17, 15) is 31.2 Å². The minimum absolute atomic E-state index is 0.00596. The number of sulfone groups is 1. The zero-order chi connectivity index (χ0) is 31.4. The van der Waals surface area contributed by atoms with E-state index in [1.165, 1.54) is 54.3 Å². The van der Waals surface area contributed by atoms with E-state index in [1.54, 1.807) is 0 Å². The molecule has 0 fully saturated rings. The van der Waals surface area contributed by atoms with Crippen LogP contribution in [-0.4, -0.2) is 64.7 Å². The van der Waals surface area contributed by atoms with E-state index in [-0.39, 0.29) is 44.4 Å². The lowest BCUT2D eigenvalue weighted by molar-refractivity contribution is -0.274.